The molecule has 0 N–H and O–H groups in total. The first-order valence-corrected chi connectivity index (χ1v) is 4.18. The predicted octanol–water partition coefficient (Wildman–Crippen LogP) is 2.53. The molecular weight excluding hydrogens is 166 g/mol. The van der Waals surface area contributed by atoms with Crippen LogP contribution in [0.25, 0.3) is 0 Å². The lowest BCUT2D eigenvalue weighted by Crippen LogP contribution is -2.31. The largest absolute Gasteiger partial charge is 0.622 e. The molecule has 0 fully saturated rings. The summed E-state index contributed by atoms with van der Waals surface area (Å²) in [7, 11) is 0. The van der Waals surface area contributed by atoms with E-state index in [1.165, 1.54) is 0 Å². The maximum absolute atomic E-state index is 12.0. The second-order valence-electron chi connectivity index (χ2n) is 3.18. The number of allylic oxidation sites excluding steroid dienone is 3. The molecule has 1 aromatic heterocycles. The summed E-state index contributed by atoms with van der Waals surface area (Å²) in [5, 5.41) is 12.0. The SMILES string of the molecule is CC1=CC=C[N+]1([O-])Cc1ccco1. The molecule has 1 atom stereocenters. The minimum atomic E-state index is -0.423. The molecule has 0 amide bonds. The number of quaternary nitrogens is 1. The van der Waals surface area contributed by atoms with Gasteiger partial charge in [-0.25, -0.2) is 0 Å². The van der Waals surface area contributed by atoms with Crippen molar-refractivity contribution in [3.05, 3.63) is 53.4 Å². The van der Waals surface area contributed by atoms with Gasteiger partial charge in [-0.1, -0.05) is 0 Å². The van der Waals surface area contributed by atoms with Crippen LogP contribution in [0.2, 0.25) is 0 Å². The van der Waals surface area contributed by atoms with Gasteiger partial charge in [-0.2, -0.15) is 0 Å². The van der Waals surface area contributed by atoms with Crippen molar-refractivity contribution in [2.75, 3.05) is 0 Å². The van der Waals surface area contributed by atoms with Gasteiger partial charge in [0.15, 0.2) is 5.76 Å². The van der Waals surface area contributed by atoms with Gasteiger partial charge in [0.1, 0.15) is 18.4 Å². The lowest BCUT2D eigenvalue weighted by Gasteiger charge is -2.35. The van der Waals surface area contributed by atoms with E-state index in [0.717, 1.165) is 5.70 Å². The van der Waals surface area contributed by atoms with Crippen molar-refractivity contribution in [2.45, 2.75) is 13.5 Å². The van der Waals surface area contributed by atoms with E-state index in [-0.39, 0.29) is 0 Å². The Morgan fingerprint density at radius 3 is 2.92 bits per heavy atom. The van der Waals surface area contributed by atoms with Crippen LogP contribution in [-0.2, 0) is 6.54 Å². The zero-order valence-electron chi connectivity index (χ0n) is 7.43. The van der Waals surface area contributed by atoms with E-state index in [1.807, 2.05) is 19.1 Å². The maximum atomic E-state index is 12.0. The molecular formula is C10H11NO2. The van der Waals surface area contributed by atoms with E-state index in [2.05, 4.69) is 0 Å². The van der Waals surface area contributed by atoms with Crippen molar-refractivity contribution in [3.63, 3.8) is 0 Å². The average Bonchev–Trinajstić information content (AvgIpc) is 2.65. The molecule has 0 spiro atoms. The van der Waals surface area contributed by atoms with Gasteiger partial charge in [-0.3, -0.25) is 4.65 Å². The van der Waals surface area contributed by atoms with Crippen molar-refractivity contribution in [1.82, 2.24) is 0 Å². The van der Waals surface area contributed by atoms with Gasteiger partial charge in [0.25, 0.3) is 0 Å². The number of nitrogens with zero attached hydrogens (tertiary/aromatic N) is 1. The van der Waals surface area contributed by atoms with Gasteiger partial charge in [-0.05, 0) is 18.2 Å². The quantitative estimate of drug-likeness (QED) is 0.514. The lowest BCUT2D eigenvalue weighted by molar-refractivity contribution is -0.801. The van der Waals surface area contributed by atoms with Crippen LogP contribution in [0.3, 0.4) is 0 Å². The fourth-order valence-electron chi connectivity index (χ4n) is 1.38. The van der Waals surface area contributed by atoms with Crippen LogP contribution in [0.15, 0.2) is 46.9 Å². The van der Waals surface area contributed by atoms with Gasteiger partial charge < -0.3 is 9.62 Å². The molecule has 0 aliphatic carbocycles. The smallest absolute Gasteiger partial charge is 0.159 e. The molecule has 3 heteroatoms. The summed E-state index contributed by atoms with van der Waals surface area (Å²) in [4.78, 5) is 0. The Balaban J connectivity index is 2.19. The third kappa shape index (κ3) is 1.43. The first kappa shape index (κ1) is 8.29. The maximum Gasteiger partial charge on any atom is 0.159 e. The summed E-state index contributed by atoms with van der Waals surface area (Å²) in [6, 6.07) is 3.61. The average molecular weight is 177 g/mol. The second kappa shape index (κ2) is 2.87. The van der Waals surface area contributed by atoms with Crippen molar-refractivity contribution in [3.8, 4) is 0 Å². The van der Waals surface area contributed by atoms with Gasteiger partial charge in [0.2, 0.25) is 0 Å². The molecule has 1 unspecified atom stereocenters. The monoisotopic (exact) mass is 177 g/mol. The van der Waals surface area contributed by atoms with E-state index in [1.54, 1.807) is 24.6 Å². The molecule has 0 radical (unpaired) electrons. The Morgan fingerprint density at radius 2 is 2.38 bits per heavy atom. The zero-order valence-corrected chi connectivity index (χ0v) is 7.43. The summed E-state index contributed by atoms with van der Waals surface area (Å²) in [6.07, 6.45) is 6.82. The van der Waals surface area contributed by atoms with Gasteiger partial charge >= 0.3 is 0 Å². The third-order valence-corrected chi connectivity index (χ3v) is 2.23. The van der Waals surface area contributed by atoms with E-state index in [9.17, 15) is 5.21 Å². The molecule has 1 aromatic rings. The molecule has 13 heavy (non-hydrogen) atoms. The first-order chi connectivity index (χ1) is 6.21. The summed E-state index contributed by atoms with van der Waals surface area (Å²) in [5.74, 6) is 0.717. The minimum Gasteiger partial charge on any atom is -0.622 e. The fourth-order valence-corrected chi connectivity index (χ4v) is 1.38. The molecule has 1 aliphatic heterocycles. The second-order valence-corrected chi connectivity index (χ2v) is 3.18. The third-order valence-electron chi connectivity index (χ3n) is 2.23. The highest BCUT2D eigenvalue weighted by molar-refractivity contribution is 5.12. The highest BCUT2D eigenvalue weighted by atomic mass is 16.5. The molecule has 2 heterocycles. The molecule has 1 aliphatic rings. The Kier molecular flexibility index (Phi) is 1.83. The van der Waals surface area contributed by atoms with Gasteiger partial charge in [-0.15, -0.1) is 0 Å². The van der Waals surface area contributed by atoms with Crippen LogP contribution in [0, 0.1) is 5.21 Å². The number of hydrogen-bond acceptors (Lipinski definition) is 2. The first-order valence-electron chi connectivity index (χ1n) is 4.18. The van der Waals surface area contributed by atoms with Crippen LogP contribution in [0.1, 0.15) is 12.7 Å². The van der Waals surface area contributed by atoms with Crippen LogP contribution in [0.5, 0.6) is 0 Å². The standard InChI is InChI=1S/C10H11NO2/c1-9-4-2-6-11(9,12)8-10-5-3-7-13-10/h2-7H,8H2,1H3. The molecule has 0 saturated carbocycles. The lowest BCUT2D eigenvalue weighted by atomic mass is 10.4. The Labute approximate surface area is 76.7 Å². The Bertz CT molecular complexity index is 351. The highest BCUT2D eigenvalue weighted by Gasteiger charge is 2.21. The van der Waals surface area contributed by atoms with E-state index < -0.39 is 4.65 Å². The molecule has 0 aromatic carbocycles. The highest BCUT2D eigenvalue weighted by Crippen LogP contribution is 2.25. The summed E-state index contributed by atoms with van der Waals surface area (Å²) >= 11 is 0. The molecule has 0 saturated heterocycles. The van der Waals surface area contributed by atoms with E-state index in [4.69, 9.17) is 4.42 Å². The fraction of sp³-hybridized carbons (Fsp3) is 0.200. The summed E-state index contributed by atoms with van der Waals surface area (Å²) in [5.41, 5.74) is 0.788. The van der Waals surface area contributed by atoms with Crippen molar-refractivity contribution < 1.29 is 9.06 Å². The number of furan rings is 1. The van der Waals surface area contributed by atoms with Crippen LogP contribution < -0.4 is 0 Å². The van der Waals surface area contributed by atoms with Crippen LogP contribution >= 0.6 is 0 Å². The van der Waals surface area contributed by atoms with Gasteiger partial charge in [0, 0.05) is 13.0 Å². The molecule has 2 rings (SSSR count). The summed E-state index contributed by atoms with van der Waals surface area (Å²) < 4.78 is 4.71. The number of hydroxylamine groups is 3. The summed E-state index contributed by atoms with van der Waals surface area (Å²) in [6.45, 7) is 2.17. The van der Waals surface area contributed by atoms with Crippen LogP contribution in [-0.4, -0.2) is 4.65 Å². The Hall–Kier alpha value is -1.32. The number of hydrogen-bond donors (Lipinski definition) is 0. The van der Waals surface area contributed by atoms with Crippen molar-refractivity contribution >= 4 is 0 Å². The Morgan fingerprint density at radius 1 is 1.54 bits per heavy atom. The van der Waals surface area contributed by atoms with Crippen LogP contribution in [0.4, 0.5) is 0 Å². The molecule has 68 valence electrons. The van der Waals surface area contributed by atoms with Gasteiger partial charge in [0.05, 0.1) is 6.26 Å². The van der Waals surface area contributed by atoms with E-state index in [0.29, 0.717) is 12.3 Å². The zero-order chi connectivity index (χ0) is 9.31. The number of rotatable bonds is 2. The topological polar surface area (TPSA) is 36.2 Å². The van der Waals surface area contributed by atoms with E-state index >= 15 is 0 Å². The van der Waals surface area contributed by atoms with Crippen molar-refractivity contribution in [2.24, 2.45) is 0 Å². The normalized spacial score (nSPS) is 26.5. The minimum absolute atomic E-state index is 0.339. The molecule has 0 bridgehead atoms. The van der Waals surface area contributed by atoms with Crippen molar-refractivity contribution in [1.29, 1.82) is 0 Å². The predicted molar refractivity (Wildman–Crippen MR) is 48.9 cm³/mol. The molecule has 3 nitrogen and oxygen atoms in total.